The van der Waals surface area contributed by atoms with Crippen LogP contribution in [0, 0.1) is 0 Å². The van der Waals surface area contributed by atoms with E-state index in [9.17, 15) is 0 Å². The Morgan fingerprint density at radius 1 is 1.44 bits per heavy atom. The number of nitrogens with one attached hydrogen (secondary N) is 1. The largest absolute Gasteiger partial charge is 0.311 e. The molecule has 0 amide bonds. The van der Waals surface area contributed by atoms with Crippen LogP contribution in [0.15, 0.2) is 18.5 Å². The third-order valence-corrected chi connectivity index (χ3v) is 4.15. The number of nitrogens with zero attached hydrogens (tertiary/aromatic N) is 2. The third kappa shape index (κ3) is 3.22. The molecule has 0 aliphatic carbocycles. The van der Waals surface area contributed by atoms with Gasteiger partial charge in [0.05, 0.1) is 5.02 Å². The monoisotopic (exact) mass is 267 g/mol. The molecular formula is C14H22ClN3. The highest BCUT2D eigenvalue weighted by Gasteiger charge is 2.26. The van der Waals surface area contributed by atoms with E-state index in [-0.39, 0.29) is 0 Å². The molecule has 3 nitrogen and oxygen atoms in total. The van der Waals surface area contributed by atoms with E-state index in [1.807, 2.05) is 12.3 Å². The highest BCUT2D eigenvalue weighted by atomic mass is 35.5. The van der Waals surface area contributed by atoms with Crippen molar-refractivity contribution in [3.63, 3.8) is 0 Å². The van der Waals surface area contributed by atoms with E-state index in [0.29, 0.717) is 12.1 Å². The Bertz CT molecular complexity index is 383. The number of piperazine rings is 1. The predicted octanol–water partition coefficient (Wildman–Crippen LogP) is 2.70. The summed E-state index contributed by atoms with van der Waals surface area (Å²) in [6.07, 6.45) is 5.90. The number of pyridine rings is 1. The summed E-state index contributed by atoms with van der Waals surface area (Å²) in [6, 6.07) is 3.24. The van der Waals surface area contributed by atoms with Crippen LogP contribution in [0.5, 0.6) is 0 Å². The van der Waals surface area contributed by atoms with E-state index < -0.39 is 0 Å². The lowest BCUT2D eigenvalue weighted by atomic mass is 10.0. The van der Waals surface area contributed by atoms with Gasteiger partial charge in [0.1, 0.15) is 0 Å². The summed E-state index contributed by atoms with van der Waals surface area (Å²) in [4.78, 5) is 6.59. The summed E-state index contributed by atoms with van der Waals surface area (Å²) in [5.74, 6) is 0. The Hall–Kier alpha value is -0.640. The van der Waals surface area contributed by atoms with Crippen LogP contribution in [0.3, 0.4) is 0 Å². The lowest BCUT2D eigenvalue weighted by Crippen LogP contribution is -2.55. The minimum absolute atomic E-state index is 0.605. The van der Waals surface area contributed by atoms with Crippen LogP contribution < -0.4 is 5.32 Å². The fourth-order valence-electron chi connectivity index (χ4n) is 2.55. The Kier molecular flexibility index (Phi) is 4.98. The summed E-state index contributed by atoms with van der Waals surface area (Å²) in [7, 11) is 0. The van der Waals surface area contributed by atoms with Crippen LogP contribution >= 0.6 is 11.6 Å². The van der Waals surface area contributed by atoms with Gasteiger partial charge in [-0.25, -0.2) is 0 Å². The molecule has 1 aliphatic heterocycles. The molecule has 0 aromatic carbocycles. The Labute approximate surface area is 115 Å². The minimum Gasteiger partial charge on any atom is -0.311 e. The van der Waals surface area contributed by atoms with Gasteiger partial charge in [-0.2, -0.15) is 0 Å². The first kappa shape index (κ1) is 13.8. The Morgan fingerprint density at radius 2 is 2.28 bits per heavy atom. The molecule has 0 bridgehead atoms. The summed E-state index contributed by atoms with van der Waals surface area (Å²) >= 11 is 6.20. The molecule has 2 heterocycles. The molecule has 1 fully saturated rings. The van der Waals surface area contributed by atoms with Crippen molar-refractivity contribution in [3.05, 3.63) is 29.0 Å². The Balaban J connectivity index is 2.07. The van der Waals surface area contributed by atoms with Gasteiger partial charge in [0.2, 0.25) is 0 Å². The van der Waals surface area contributed by atoms with Gasteiger partial charge in [0.15, 0.2) is 0 Å². The summed E-state index contributed by atoms with van der Waals surface area (Å²) < 4.78 is 0. The van der Waals surface area contributed by atoms with Gasteiger partial charge in [0, 0.05) is 44.1 Å². The number of rotatable bonds is 4. The molecule has 1 aliphatic rings. The van der Waals surface area contributed by atoms with Crippen LogP contribution in [0.25, 0.3) is 0 Å². The van der Waals surface area contributed by atoms with Crippen molar-refractivity contribution in [3.8, 4) is 0 Å². The van der Waals surface area contributed by atoms with Gasteiger partial charge in [-0.15, -0.1) is 0 Å². The topological polar surface area (TPSA) is 28.2 Å². The van der Waals surface area contributed by atoms with Crippen molar-refractivity contribution in [2.75, 3.05) is 13.1 Å². The van der Waals surface area contributed by atoms with Crippen molar-refractivity contribution < 1.29 is 0 Å². The summed E-state index contributed by atoms with van der Waals surface area (Å²) in [5.41, 5.74) is 1.18. The van der Waals surface area contributed by atoms with Crippen molar-refractivity contribution >= 4 is 11.6 Å². The average molecular weight is 268 g/mol. The molecule has 100 valence electrons. The van der Waals surface area contributed by atoms with Gasteiger partial charge >= 0.3 is 0 Å². The molecule has 0 saturated carbocycles. The zero-order chi connectivity index (χ0) is 13.0. The standard InChI is InChI=1S/C14H22ClN3/c1-3-12-10-18(13(4-2)7-17-12)9-11-5-6-16-8-14(11)15/h5-6,8,12-13,17H,3-4,7,9-10H2,1-2H3. The maximum Gasteiger partial charge on any atom is 0.0634 e. The molecule has 2 atom stereocenters. The zero-order valence-electron chi connectivity index (χ0n) is 11.2. The van der Waals surface area contributed by atoms with Crippen LogP contribution in [0.2, 0.25) is 5.02 Å². The smallest absolute Gasteiger partial charge is 0.0634 e. The lowest BCUT2D eigenvalue weighted by molar-refractivity contribution is 0.117. The quantitative estimate of drug-likeness (QED) is 0.909. The SMILES string of the molecule is CCC1CN(Cc2ccncc2Cl)C(CC)CN1. The number of halogens is 1. The molecule has 0 radical (unpaired) electrons. The van der Waals surface area contributed by atoms with E-state index >= 15 is 0 Å². The van der Waals surface area contributed by atoms with E-state index in [1.165, 1.54) is 18.4 Å². The van der Waals surface area contributed by atoms with Crippen molar-refractivity contribution in [1.82, 2.24) is 15.2 Å². The second-order valence-corrected chi connectivity index (χ2v) is 5.38. The second-order valence-electron chi connectivity index (χ2n) is 4.97. The van der Waals surface area contributed by atoms with Crippen LogP contribution in [-0.4, -0.2) is 35.1 Å². The van der Waals surface area contributed by atoms with Gasteiger partial charge < -0.3 is 5.32 Å². The first-order valence-corrected chi connectivity index (χ1v) is 7.18. The molecular weight excluding hydrogens is 246 g/mol. The first-order chi connectivity index (χ1) is 8.74. The fourth-order valence-corrected chi connectivity index (χ4v) is 2.73. The predicted molar refractivity (Wildman–Crippen MR) is 75.8 cm³/mol. The molecule has 18 heavy (non-hydrogen) atoms. The molecule has 1 aromatic rings. The Morgan fingerprint density at radius 3 is 2.94 bits per heavy atom. The average Bonchev–Trinajstić information content (AvgIpc) is 2.41. The van der Waals surface area contributed by atoms with Gasteiger partial charge in [-0.05, 0) is 24.5 Å². The molecule has 2 unspecified atom stereocenters. The number of hydrogen-bond acceptors (Lipinski definition) is 3. The molecule has 0 spiro atoms. The third-order valence-electron chi connectivity index (χ3n) is 3.81. The molecule has 2 rings (SSSR count). The minimum atomic E-state index is 0.605. The first-order valence-electron chi connectivity index (χ1n) is 6.80. The highest BCUT2D eigenvalue weighted by molar-refractivity contribution is 6.31. The van der Waals surface area contributed by atoms with Crippen molar-refractivity contribution in [1.29, 1.82) is 0 Å². The molecule has 1 N–H and O–H groups in total. The molecule has 4 heteroatoms. The van der Waals surface area contributed by atoms with Crippen molar-refractivity contribution in [2.45, 2.75) is 45.3 Å². The van der Waals surface area contributed by atoms with Crippen molar-refractivity contribution in [2.24, 2.45) is 0 Å². The molecule has 1 saturated heterocycles. The van der Waals surface area contributed by atoms with Gasteiger partial charge in [0.25, 0.3) is 0 Å². The second kappa shape index (κ2) is 6.50. The van der Waals surface area contributed by atoms with Crippen LogP contribution in [-0.2, 0) is 6.54 Å². The highest BCUT2D eigenvalue weighted by Crippen LogP contribution is 2.20. The normalized spacial score (nSPS) is 25.3. The van der Waals surface area contributed by atoms with Crippen LogP contribution in [0.4, 0.5) is 0 Å². The van der Waals surface area contributed by atoms with Gasteiger partial charge in [-0.1, -0.05) is 25.4 Å². The maximum absolute atomic E-state index is 6.20. The summed E-state index contributed by atoms with van der Waals surface area (Å²) in [5, 5.41) is 4.39. The van der Waals surface area contributed by atoms with E-state index in [0.717, 1.165) is 24.7 Å². The number of hydrogen-bond donors (Lipinski definition) is 1. The van der Waals surface area contributed by atoms with E-state index in [4.69, 9.17) is 11.6 Å². The lowest BCUT2D eigenvalue weighted by Gasteiger charge is -2.40. The summed E-state index contributed by atoms with van der Waals surface area (Å²) in [6.45, 7) is 7.60. The molecule has 1 aromatic heterocycles. The van der Waals surface area contributed by atoms with E-state index in [2.05, 4.69) is 29.0 Å². The number of aromatic nitrogens is 1. The van der Waals surface area contributed by atoms with Crippen LogP contribution in [0.1, 0.15) is 32.3 Å². The van der Waals surface area contributed by atoms with E-state index in [1.54, 1.807) is 6.20 Å². The maximum atomic E-state index is 6.20. The van der Waals surface area contributed by atoms with Gasteiger partial charge in [-0.3, -0.25) is 9.88 Å². The fraction of sp³-hybridized carbons (Fsp3) is 0.643. The zero-order valence-corrected chi connectivity index (χ0v) is 12.0.